The molecule has 0 N–H and O–H groups in total. The number of likely N-dealkylation sites (tertiary alicyclic amines) is 2. The minimum atomic E-state index is 0.0817. The molecule has 160 valence electrons. The van der Waals surface area contributed by atoms with Crippen molar-refractivity contribution in [3.8, 4) is 0 Å². The van der Waals surface area contributed by atoms with E-state index in [-0.39, 0.29) is 11.9 Å². The van der Waals surface area contributed by atoms with E-state index in [0.29, 0.717) is 23.4 Å². The number of hydrogen-bond acceptors (Lipinski definition) is 5. The Bertz CT molecular complexity index is 1080. The van der Waals surface area contributed by atoms with E-state index in [4.69, 9.17) is 4.74 Å². The van der Waals surface area contributed by atoms with Gasteiger partial charge in [0, 0.05) is 51.0 Å². The second-order valence-electron chi connectivity index (χ2n) is 9.02. The number of hydrogen-bond donors (Lipinski definition) is 0. The zero-order chi connectivity index (χ0) is 20.8. The first-order chi connectivity index (χ1) is 15.3. The molecule has 0 bridgehead atoms. The largest absolute Gasteiger partial charge is 0.381 e. The lowest BCUT2D eigenvalue weighted by molar-refractivity contribution is 0.0361. The quantitative estimate of drug-likeness (QED) is 0.656. The van der Waals surface area contributed by atoms with Crippen LogP contribution in [0.3, 0.4) is 0 Å². The summed E-state index contributed by atoms with van der Waals surface area (Å²) in [5.41, 5.74) is 2.65. The molecular weight excluding hydrogens is 390 g/mol. The van der Waals surface area contributed by atoms with Crippen molar-refractivity contribution < 1.29 is 9.53 Å². The molecule has 3 fully saturated rings. The fourth-order valence-corrected chi connectivity index (χ4v) is 5.82. The first-order valence-corrected chi connectivity index (χ1v) is 11.2. The van der Waals surface area contributed by atoms with Crippen molar-refractivity contribution >= 4 is 11.6 Å². The summed E-state index contributed by atoms with van der Waals surface area (Å²) in [7, 11) is 0. The van der Waals surface area contributed by atoms with Gasteiger partial charge in [-0.2, -0.15) is 5.10 Å². The summed E-state index contributed by atoms with van der Waals surface area (Å²) in [6.07, 6.45) is 5.56. The van der Waals surface area contributed by atoms with Crippen LogP contribution in [0, 0.1) is 11.8 Å². The van der Waals surface area contributed by atoms with E-state index >= 15 is 0 Å². The smallest absolute Gasteiger partial charge is 0.255 e. The number of benzene rings is 1. The number of aromatic nitrogens is 3. The fourth-order valence-electron chi connectivity index (χ4n) is 5.82. The lowest BCUT2D eigenvalue weighted by atomic mass is 9.89. The fraction of sp³-hybridized carbons (Fsp3) is 0.458. The molecule has 31 heavy (non-hydrogen) atoms. The summed E-state index contributed by atoms with van der Waals surface area (Å²) in [4.78, 5) is 22.6. The van der Waals surface area contributed by atoms with Crippen LogP contribution < -0.4 is 0 Å². The topological polar surface area (TPSA) is 63.0 Å². The third kappa shape index (κ3) is 3.32. The number of pyridine rings is 1. The second kappa shape index (κ2) is 7.73. The van der Waals surface area contributed by atoms with Crippen LogP contribution in [0.25, 0.3) is 5.65 Å². The van der Waals surface area contributed by atoms with Gasteiger partial charge in [0.25, 0.3) is 5.91 Å². The molecule has 3 aromatic rings. The first kappa shape index (κ1) is 19.0. The van der Waals surface area contributed by atoms with Gasteiger partial charge in [0.05, 0.1) is 11.6 Å². The number of carbonyl (C=O) groups is 1. The van der Waals surface area contributed by atoms with Crippen molar-refractivity contribution in [2.75, 3.05) is 32.8 Å². The predicted molar refractivity (Wildman–Crippen MR) is 116 cm³/mol. The maximum Gasteiger partial charge on any atom is 0.255 e. The molecule has 6 rings (SSSR count). The van der Waals surface area contributed by atoms with Crippen LogP contribution in [0.2, 0.25) is 0 Å². The molecule has 1 aromatic carbocycles. The molecule has 0 radical (unpaired) electrons. The van der Waals surface area contributed by atoms with E-state index in [2.05, 4.69) is 44.1 Å². The Morgan fingerprint density at radius 1 is 1.00 bits per heavy atom. The highest BCUT2D eigenvalue weighted by atomic mass is 16.5. The van der Waals surface area contributed by atoms with Gasteiger partial charge in [-0.05, 0) is 36.5 Å². The van der Waals surface area contributed by atoms with E-state index in [9.17, 15) is 4.79 Å². The second-order valence-corrected chi connectivity index (χ2v) is 9.02. The minimum Gasteiger partial charge on any atom is -0.381 e. The molecule has 2 aromatic heterocycles. The molecule has 5 heterocycles. The Hall–Kier alpha value is -2.77. The van der Waals surface area contributed by atoms with Gasteiger partial charge in [0.2, 0.25) is 0 Å². The highest BCUT2D eigenvalue weighted by Crippen LogP contribution is 2.46. The Kier molecular flexibility index (Phi) is 4.73. The SMILES string of the molecule is O=C(c1ccc2ncnn2c1)N1C[C@@H]2CN(C3CCOCC3)C[C@@H]2[C@H]1c1ccccc1. The van der Waals surface area contributed by atoms with Crippen molar-refractivity contribution in [2.24, 2.45) is 11.8 Å². The number of amides is 1. The van der Waals surface area contributed by atoms with Crippen molar-refractivity contribution in [1.29, 1.82) is 0 Å². The van der Waals surface area contributed by atoms with Crippen LogP contribution >= 0.6 is 0 Å². The van der Waals surface area contributed by atoms with Crippen molar-refractivity contribution in [1.82, 2.24) is 24.4 Å². The van der Waals surface area contributed by atoms with Crippen LogP contribution in [-0.4, -0.2) is 69.2 Å². The van der Waals surface area contributed by atoms with Gasteiger partial charge >= 0.3 is 0 Å². The van der Waals surface area contributed by atoms with Crippen LogP contribution in [0.5, 0.6) is 0 Å². The van der Waals surface area contributed by atoms with E-state index in [1.807, 2.05) is 18.2 Å². The minimum absolute atomic E-state index is 0.0817. The Morgan fingerprint density at radius 3 is 2.68 bits per heavy atom. The van der Waals surface area contributed by atoms with Gasteiger partial charge in [0.1, 0.15) is 6.33 Å². The lowest BCUT2D eigenvalue weighted by Crippen LogP contribution is -2.41. The van der Waals surface area contributed by atoms with Crippen molar-refractivity contribution in [3.05, 3.63) is 66.1 Å². The molecule has 0 unspecified atom stereocenters. The third-order valence-electron chi connectivity index (χ3n) is 7.32. The number of carbonyl (C=O) groups excluding carboxylic acids is 1. The molecule has 3 aliphatic rings. The Labute approximate surface area is 181 Å². The summed E-state index contributed by atoms with van der Waals surface area (Å²) in [5, 5.41) is 4.20. The van der Waals surface area contributed by atoms with Crippen LogP contribution in [0.1, 0.15) is 34.8 Å². The molecule has 7 heteroatoms. The molecule has 3 atom stereocenters. The zero-order valence-corrected chi connectivity index (χ0v) is 17.5. The summed E-state index contributed by atoms with van der Waals surface area (Å²) >= 11 is 0. The van der Waals surface area contributed by atoms with E-state index < -0.39 is 0 Å². The van der Waals surface area contributed by atoms with Crippen LogP contribution in [-0.2, 0) is 4.74 Å². The van der Waals surface area contributed by atoms with Crippen molar-refractivity contribution in [2.45, 2.75) is 24.9 Å². The number of nitrogens with zero attached hydrogens (tertiary/aromatic N) is 5. The number of rotatable bonds is 3. The van der Waals surface area contributed by atoms with Gasteiger partial charge in [-0.25, -0.2) is 9.50 Å². The van der Waals surface area contributed by atoms with Gasteiger partial charge in [-0.15, -0.1) is 0 Å². The van der Waals surface area contributed by atoms with E-state index in [1.165, 1.54) is 11.9 Å². The Morgan fingerprint density at radius 2 is 1.84 bits per heavy atom. The highest BCUT2D eigenvalue weighted by molar-refractivity contribution is 5.94. The maximum atomic E-state index is 13.6. The van der Waals surface area contributed by atoms with Crippen LogP contribution in [0.15, 0.2) is 55.0 Å². The molecule has 1 amide bonds. The van der Waals surface area contributed by atoms with Gasteiger partial charge < -0.3 is 9.64 Å². The Balaban J connectivity index is 1.30. The van der Waals surface area contributed by atoms with Gasteiger partial charge in [-0.3, -0.25) is 9.69 Å². The average molecular weight is 418 g/mol. The molecule has 0 spiro atoms. The van der Waals surface area contributed by atoms with Crippen LogP contribution in [0.4, 0.5) is 0 Å². The highest BCUT2D eigenvalue weighted by Gasteiger charge is 2.50. The van der Waals surface area contributed by atoms with Gasteiger partial charge in [0.15, 0.2) is 5.65 Å². The van der Waals surface area contributed by atoms with Gasteiger partial charge in [-0.1, -0.05) is 30.3 Å². The maximum absolute atomic E-state index is 13.6. The summed E-state index contributed by atoms with van der Waals surface area (Å²) in [6.45, 7) is 4.67. The third-order valence-corrected chi connectivity index (χ3v) is 7.32. The van der Waals surface area contributed by atoms with Crippen molar-refractivity contribution in [3.63, 3.8) is 0 Å². The first-order valence-electron chi connectivity index (χ1n) is 11.2. The standard InChI is InChI=1S/C24H27N5O2/c30-24(18-6-7-22-25-16-26-29(22)14-18)28-13-19-12-27(20-8-10-31-11-9-20)15-21(19)23(28)17-4-2-1-3-5-17/h1-7,14,16,19-21,23H,8-13,15H2/t19-,21-,23+/m0/s1. The number of fused-ring (bicyclic) bond motifs is 2. The average Bonchev–Trinajstić information content (AvgIpc) is 3.53. The molecule has 3 saturated heterocycles. The number of ether oxygens (including phenoxy) is 1. The molecule has 7 nitrogen and oxygen atoms in total. The molecular formula is C24H27N5O2. The molecule has 3 aliphatic heterocycles. The normalized spacial score (nSPS) is 27.1. The molecule has 0 saturated carbocycles. The summed E-state index contributed by atoms with van der Waals surface area (Å²) in [5.74, 6) is 1.05. The predicted octanol–water partition coefficient (Wildman–Crippen LogP) is 2.65. The summed E-state index contributed by atoms with van der Waals surface area (Å²) < 4.78 is 7.25. The molecule has 0 aliphatic carbocycles. The van der Waals surface area contributed by atoms with E-state index in [0.717, 1.165) is 51.3 Å². The lowest BCUT2D eigenvalue weighted by Gasteiger charge is -2.34. The monoisotopic (exact) mass is 417 g/mol. The summed E-state index contributed by atoms with van der Waals surface area (Å²) in [6, 6.07) is 15.0. The van der Waals surface area contributed by atoms with E-state index in [1.54, 1.807) is 10.7 Å². The zero-order valence-electron chi connectivity index (χ0n) is 17.5.